The average molecular weight is 215 g/mol. The molecule has 1 fully saturated rings. The van der Waals surface area contributed by atoms with Crippen molar-refractivity contribution in [1.82, 2.24) is 0 Å². The SMILES string of the molecule is CC(C)=C1C(=O)CN(c2ccccc2)C1=O. The third kappa shape index (κ3) is 1.65. The summed E-state index contributed by atoms with van der Waals surface area (Å²) in [6, 6.07) is 9.26. The molecule has 1 saturated heterocycles. The van der Waals surface area contributed by atoms with Crippen LogP contribution in [0, 0.1) is 0 Å². The summed E-state index contributed by atoms with van der Waals surface area (Å²) in [5.41, 5.74) is 1.90. The zero-order valence-corrected chi connectivity index (χ0v) is 9.36. The lowest BCUT2D eigenvalue weighted by Gasteiger charge is -2.13. The quantitative estimate of drug-likeness (QED) is 0.530. The van der Waals surface area contributed by atoms with Gasteiger partial charge < -0.3 is 4.90 Å². The van der Waals surface area contributed by atoms with Crippen LogP contribution in [-0.4, -0.2) is 18.2 Å². The predicted octanol–water partition coefficient (Wildman–Crippen LogP) is 1.94. The van der Waals surface area contributed by atoms with Gasteiger partial charge in [0, 0.05) is 5.69 Å². The number of hydrogen-bond acceptors (Lipinski definition) is 2. The number of benzene rings is 1. The number of allylic oxidation sites excluding steroid dienone is 1. The Kier molecular flexibility index (Phi) is 2.60. The van der Waals surface area contributed by atoms with E-state index in [0.717, 1.165) is 11.3 Å². The second-order valence-corrected chi connectivity index (χ2v) is 4.03. The van der Waals surface area contributed by atoms with Gasteiger partial charge in [0.25, 0.3) is 5.91 Å². The Labute approximate surface area is 94.4 Å². The van der Waals surface area contributed by atoms with E-state index in [-0.39, 0.29) is 18.2 Å². The molecule has 16 heavy (non-hydrogen) atoms. The lowest BCUT2D eigenvalue weighted by atomic mass is 10.1. The second kappa shape index (κ2) is 3.93. The average Bonchev–Trinajstić information content (AvgIpc) is 2.55. The van der Waals surface area contributed by atoms with Crippen LogP contribution < -0.4 is 4.90 Å². The van der Waals surface area contributed by atoms with Crippen LogP contribution in [0.3, 0.4) is 0 Å². The first kappa shape index (κ1) is 10.6. The minimum absolute atomic E-state index is 0.0890. The Morgan fingerprint density at radius 1 is 1.12 bits per heavy atom. The van der Waals surface area contributed by atoms with Gasteiger partial charge >= 0.3 is 0 Å². The molecule has 0 aromatic heterocycles. The molecule has 0 spiro atoms. The fraction of sp³-hybridized carbons (Fsp3) is 0.231. The molecular weight excluding hydrogens is 202 g/mol. The van der Waals surface area contributed by atoms with E-state index in [1.807, 2.05) is 30.3 Å². The highest BCUT2D eigenvalue weighted by atomic mass is 16.2. The summed E-state index contributed by atoms with van der Waals surface area (Å²) < 4.78 is 0. The molecule has 1 heterocycles. The minimum atomic E-state index is -0.184. The van der Waals surface area contributed by atoms with E-state index in [2.05, 4.69) is 0 Å². The number of hydrogen-bond donors (Lipinski definition) is 0. The Bertz CT molecular complexity index is 470. The summed E-state index contributed by atoms with van der Waals surface area (Å²) in [5.74, 6) is -0.273. The van der Waals surface area contributed by atoms with Crippen LogP contribution in [0.2, 0.25) is 0 Å². The maximum absolute atomic E-state index is 12.0. The van der Waals surface area contributed by atoms with Crippen LogP contribution in [0.5, 0.6) is 0 Å². The van der Waals surface area contributed by atoms with E-state index < -0.39 is 0 Å². The molecule has 3 nitrogen and oxygen atoms in total. The molecule has 3 heteroatoms. The topological polar surface area (TPSA) is 37.4 Å². The Morgan fingerprint density at radius 3 is 2.25 bits per heavy atom. The van der Waals surface area contributed by atoms with Crippen molar-refractivity contribution >= 4 is 17.4 Å². The molecule has 1 aliphatic heterocycles. The molecule has 0 unspecified atom stereocenters. The van der Waals surface area contributed by atoms with Gasteiger partial charge in [-0.1, -0.05) is 23.8 Å². The summed E-state index contributed by atoms with van der Waals surface area (Å²) in [4.78, 5) is 25.2. The molecule has 1 aromatic rings. The maximum atomic E-state index is 12.0. The van der Waals surface area contributed by atoms with E-state index in [0.29, 0.717) is 5.57 Å². The van der Waals surface area contributed by atoms with Crippen molar-refractivity contribution in [3.8, 4) is 0 Å². The molecule has 0 N–H and O–H groups in total. The molecular formula is C13H13NO2. The third-order valence-electron chi connectivity index (χ3n) is 2.61. The zero-order chi connectivity index (χ0) is 11.7. The number of anilines is 1. The minimum Gasteiger partial charge on any atom is -0.300 e. The second-order valence-electron chi connectivity index (χ2n) is 4.03. The molecule has 0 saturated carbocycles. The van der Waals surface area contributed by atoms with Crippen molar-refractivity contribution in [3.05, 3.63) is 41.5 Å². The van der Waals surface area contributed by atoms with Crippen molar-refractivity contribution in [3.63, 3.8) is 0 Å². The fourth-order valence-corrected chi connectivity index (χ4v) is 1.86. The van der Waals surface area contributed by atoms with Gasteiger partial charge in [-0.25, -0.2) is 0 Å². The molecule has 2 rings (SSSR count). The molecule has 1 aromatic carbocycles. The summed E-state index contributed by atoms with van der Waals surface area (Å²) in [7, 11) is 0. The molecule has 1 aliphatic rings. The highest BCUT2D eigenvalue weighted by Gasteiger charge is 2.34. The van der Waals surface area contributed by atoms with Gasteiger partial charge in [-0.3, -0.25) is 9.59 Å². The van der Waals surface area contributed by atoms with Crippen molar-refractivity contribution in [2.45, 2.75) is 13.8 Å². The van der Waals surface area contributed by atoms with Gasteiger partial charge in [0.15, 0.2) is 5.78 Å². The van der Waals surface area contributed by atoms with Crippen LogP contribution in [0.25, 0.3) is 0 Å². The maximum Gasteiger partial charge on any atom is 0.262 e. The highest BCUT2D eigenvalue weighted by molar-refractivity contribution is 6.32. The smallest absolute Gasteiger partial charge is 0.262 e. The number of para-hydroxylation sites is 1. The first-order valence-electron chi connectivity index (χ1n) is 5.19. The van der Waals surface area contributed by atoms with Gasteiger partial charge in [-0.15, -0.1) is 0 Å². The monoisotopic (exact) mass is 215 g/mol. The number of rotatable bonds is 1. The lowest BCUT2D eigenvalue weighted by Crippen LogP contribution is -2.24. The number of ketones is 1. The van der Waals surface area contributed by atoms with Crippen LogP contribution in [0.1, 0.15) is 13.8 Å². The van der Waals surface area contributed by atoms with Gasteiger partial charge in [-0.05, 0) is 26.0 Å². The Morgan fingerprint density at radius 2 is 1.75 bits per heavy atom. The number of nitrogens with zero attached hydrogens (tertiary/aromatic N) is 1. The van der Waals surface area contributed by atoms with Gasteiger partial charge in [0.2, 0.25) is 0 Å². The number of carbonyl (C=O) groups excluding carboxylic acids is 2. The fourth-order valence-electron chi connectivity index (χ4n) is 1.86. The molecule has 0 radical (unpaired) electrons. The molecule has 0 bridgehead atoms. The molecule has 82 valence electrons. The van der Waals surface area contributed by atoms with Crippen molar-refractivity contribution in [1.29, 1.82) is 0 Å². The van der Waals surface area contributed by atoms with Gasteiger partial charge in [-0.2, -0.15) is 0 Å². The largest absolute Gasteiger partial charge is 0.300 e. The summed E-state index contributed by atoms with van der Waals surface area (Å²) in [6.07, 6.45) is 0. The number of Topliss-reactive ketones (excluding diaryl/α,β-unsaturated/α-hetero) is 1. The van der Waals surface area contributed by atoms with Crippen LogP contribution in [0.15, 0.2) is 41.5 Å². The highest BCUT2D eigenvalue weighted by Crippen LogP contribution is 2.23. The summed E-state index contributed by atoms with van der Waals surface area (Å²) >= 11 is 0. The summed E-state index contributed by atoms with van der Waals surface area (Å²) in [5, 5.41) is 0. The normalized spacial score (nSPS) is 15.9. The summed E-state index contributed by atoms with van der Waals surface area (Å²) in [6.45, 7) is 3.74. The van der Waals surface area contributed by atoms with E-state index in [4.69, 9.17) is 0 Å². The van der Waals surface area contributed by atoms with E-state index in [1.54, 1.807) is 13.8 Å². The number of amides is 1. The predicted molar refractivity (Wildman–Crippen MR) is 62.2 cm³/mol. The molecule has 1 amide bonds. The first-order valence-corrected chi connectivity index (χ1v) is 5.19. The lowest BCUT2D eigenvalue weighted by molar-refractivity contribution is -0.116. The van der Waals surface area contributed by atoms with Crippen molar-refractivity contribution in [2.24, 2.45) is 0 Å². The third-order valence-corrected chi connectivity index (χ3v) is 2.61. The standard InChI is InChI=1S/C13H13NO2/c1-9(2)12-11(15)8-14(13(12)16)10-6-4-3-5-7-10/h3-7H,8H2,1-2H3. The van der Waals surface area contributed by atoms with E-state index in [9.17, 15) is 9.59 Å². The van der Waals surface area contributed by atoms with Crippen molar-refractivity contribution in [2.75, 3.05) is 11.4 Å². The van der Waals surface area contributed by atoms with Crippen molar-refractivity contribution < 1.29 is 9.59 Å². The number of carbonyl (C=O) groups is 2. The Balaban J connectivity index is 2.40. The molecule has 0 atom stereocenters. The van der Waals surface area contributed by atoms with Gasteiger partial charge in [0.05, 0.1) is 12.1 Å². The van der Waals surface area contributed by atoms with E-state index in [1.165, 1.54) is 4.90 Å². The van der Waals surface area contributed by atoms with Crippen LogP contribution in [0.4, 0.5) is 5.69 Å². The van der Waals surface area contributed by atoms with E-state index >= 15 is 0 Å². The zero-order valence-electron chi connectivity index (χ0n) is 9.36. The molecule has 0 aliphatic carbocycles. The Hall–Kier alpha value is -1.90. The van der Waals surface area contributed by atoms with Crippen LogP contribution >= 0.6 is 0 Å². The van der Waals surface area contributed by atoms with Crippen LogP contribution in [-0.2, 0) is 9.59 Å². The van der Waals surface area contributed by atoms with Gasteiger partial charge in [0.1, 0.15) is 0 Å². The first-order chi connectivity index (χ1) is 7.61.